The number of nitrogens with zero attached hydrogens (tertiary/aromatic N) is 1. The number of hydrazone groups is 1. The Balaban J connectivity index is 3.17. The quantitative estimate of drug-likeness (QED) is 0.310. The summed E-state index contributed by atoms with van der Waals surface area (Å²) in [5.41, 5.74) is 2.04. The number of rotatable bonds is 2. The van der Waals surface area contributed by atoms with Gasteiger partial charge in [-0.05, 0) is 0 Å². The molecule has 0 fully saturated rings. The molecule has 0 aromatic rings. The first-order chi connectivity index (χ1) is 3.31. The summed E-state index contributed by atoms with van der Waals surface area (Å²) in [6.45, 7) is 3.01. The van der Waals surface area contributed by atoms with Crippen LogP contribution in [0.5, 0.6) is 0 Å². The average Bonchev–Trinajstić information content (AvgIpc) is 1.68. The van der Waals surface area contributed by atoms with Crippen LogP contribution in [-0.4, -0.2) is 18.5 Å². The van der Waals surface area contributed by atoms with Crippen LogP contribution in [0.1, 0.15) is 0 Å². The van der Waals surface area contributed by atoms with Gasteiger partial charge in [0.25, 0.3) is 5.91 Å². The molecule has 0 atom stereocenters. The van der Waals surface area contributed by atoms with Crippen molar-refractivity contribution in [3.63, 3.8) is 0 Å². The highest BCUT2D eigenvalue weighted by molar-refractivity contribution is 6.27. The molecule has 0 aromatic carbocycles. The first-order valence-corrected chi connectivity index (χ1v) is 2.15. The Morgan fingerprint density at radius 1 is 2.00 bits per heavy atom. The minimum atomic E-state index is -0.336. The van der Waals surface area contributed by atoms with Crippen molar-refractivity contribution >= 4 is 24.2 Å². The van der Waals surface area contributed by atoms with Crippen molar-refractivity contribution in [2.75, 3.05) is 5.88 Å². The largest absolute Gasteiger partial charge is 0.272 e. The van der Waals surface area contributed by atoms with Crippen LogP contribution in [0.25, 0.3) is 0 Å². The zero-order valence-electron chi connectivity index (χ0n) is 3.65. The van der Waals surface area contributed by atoms with E-state index in [9.17, 15) is 4.79 Å². The van der Waals surface area contributed by atoms with Crippen LogP contribution in [0.15, 0.2) is 5.10 Å². The number of hydrogen-bond acceptors (Lipinski definition) is 2. The van der Waals surface area contributed by atoms with Gasteiger partial charge in [-0.15, -0.1) is 11.6 Å². The van der Waals surface area contributed by atoms with Crippen LogP contribution in [0, 0.1) is 0 Å². The first kappa shape index (κ1) is 6.43. The van der Waals surface area contributed by atoms with E-state index in [4.69, 9.17) is 11.6 Å². The molecule has 0 radical (unpaired) electrons. The zero-order valence-corrected chi connectivity index (χ0v) is 4.40. The van der Waals surface area contributed by atoms with Gasteiger partial charge in [0, 0.05) is 6.72 Å². The molecule has 0 bridgehead atoms. The molecule has 0 aliphatic rings. The summed E-state index contributed by atoms with van der Waals surface area (Å²) in [6.07, 6.45) is 0. The highest BCUT2D eigenvalue weighted by Gasteiger charge is 1.89. The van der Waals surface area contributed by atoms with Gasteiger partial charge in [0.15, 0.2) is 0 Å². The summed E-state index contributed by atoms with van der Waals surface area (Å²) in [7, 11) is 0. The van der Waals surface area contributed by atoms with Crippen molar-refractivity contribution in [1.29, 1.82) is 0 Å². The minimum Gasteiger partial charge on any atom is -0.272 e. The van der Waals surface area contributed by atoms with E-state index in [0.29, 0.717) is 0 Å². The van der Waals surface area contributed by atoms with E-state index in [1.807, 2.05) is 5.43 Å². The van der Waals surface area contributed by atoms with Crippen LogP contribution >= 0.6 is 11.6 Å². The molecule has 0 spiro atoms. The maximum Gasteiger partial charge on any atom is 0.254 e. The molecule has 1 N–H and O–H groups in total. The Kier molecular flexibility index (Phi) is 3.32. The van der Waals surface area contributed by atoms with Gasteiger partial charge < -0.3 is 0 Å². The molecule has 0 aliphatic heterocycles. The Morgan fingerprint density at radius 3 is 2.71 bits per heavy atom. The normalized spacial score (nSPS) is 7.57. The number of amides is 1. The van der Waals surface area contributed by atoms with E-state index < -0.39 is 0 Å². The van der Waals surface area contributed by atoms with Crippen LogP contribution in [0.3, 0.4) is 0 Å². The van der Waals surface area contributed by atoms with Crippen LogP contribution in [0.4, 0.5) is 0 Å². The summed E-state index contributed by atoms with van der Waals surface area (Å²) in [5, 5.41) is 3.07. The smallest absolute Gasteiger partial charge is 0.254 e. The molecular formula is C3H5ClN2O. The zero-order chi connectivity index (χ0) is 5.70. The predicted molar refractivity (Wildman–Crippen MR) is 28.4 cm³/mol. The van der Waals surface area contributed by atoms with Gasteiger partial charge in [0.1, 0.15) is 5.88 Å². The molecule has 0 aromatic heterocycles. The third kappa shape index (κ3) is 3.26. The monoisotopic (exact) mass is 120 g/mol. The summed E-state index contributed by atoms with van der Waals surface area (Å²) < 4.78 is 0. The molecule has 7 heavy (non-hydrogen) atoms. The molecular weight excluding hydrogens is 115 g/mol. The SMILES string of the molecule is C=NNC(=O)CCl. The van der Waals surface area contributed by atoms with Crippen molar-refractivity contribution in [3.8, 4) is 0 Å². The van der Waals surface area contributed by atoms with Gasteiger partial charge in [0.2, 0.25) is 0 Å². The first-order valence-electron chi connectivity index (χ1n) is 1.61. The lowest BCUT2D eigenvalue weighted by atomic mass is 10.8. The molecule has 0 unspecified atom stereocenters. The summed E-state index contributed by atoms with van der Waals surface area (Å²) in [6, 6.07) is 0. The van der Waals surface area contributed by atoms with Crippen molar-refractivity contribution in [3.05, 3.63) is 0 Å². The molecule has 0 aliphatic carbocycles. The second-order valence-electron chi connectivity index (χ2n) is 0.827. The van der Waals surface area contributed by atoms with Crippen LogP contribution in [0.2, 0.25) is 0 Å². The fourth-order valence-electron chi connectivity index (χ4n) is 0.118. The summed E-state index contributed by atoms with van der Waals surface area (Å²) in [5.74, 6) is -0.407. The lowest BCUT2D eigenvalue weighted by Crippen LogP contribution is -2.17. The van der Waals surface area contributed by atoms with Crippen molar-refractivity contribution in [2.45, 2.75) is 0 Å². The van der Waals surface area contributed by atoms with Gasteiger partial charge in [-0.25, -0.2) is 5.43 Å². The third-order valence-electron chi connectivity index (χ3n) is 0.325. The van der Waals surface area contributed by atoms with E-state index in [0.717, 1.165) is 0 Å². The fraction of sp³-hybridized carbons (Fsp3) is 0.333. The maximum absolute atomic E-state index is 10.0. The van der Waals surface area contributed by atoms with Gasteiger partial charge in [-0.1, -0.05) is 0 Å². The standard InChI is InChI=1S/C3H5ClN2O/c1-5-6-3(7)2-4/h1-2H2,(H,6,7). The molecule has 0 saturated heterocycles. The highest BCUT2D eigenvalue weighted by Crippen LogP contribution is 1.70. The Labute approximate surface area is 46.3 Å². The number of carbonyl (C=O) groups is 1. The minimum absolute atomic E-state index is 0.0704. The maximum atomic E-state index is 10.0. The topological polar surface area (TPSA) is 41.5 Å². The second-order valence-corrected chi connectivity index (χ2v) is 1.09. The lowest BCUT2D eigenvalue weighted by molar-refractivity contribution is -0.118. The summed E-state index contributed by atoms with van der Waals surface area (Å²) >= 11 is 5.03. The Hall–Kier alpha value is -0.570. The van der Waals surface area contributed by atoms with E-state index in [2.05, 4.69) is 11.8 Å². The van der Waals surface area contributed by atoms with Crippen molar-refractivity contribution < 1.29 is 4.79 Å². The molecule has 1 amide bonds. The van der Waals surface area contributed by atoms with E-state index in [1.165, 1.54) is 0 Å². The average molecular weight is 121 g/mol. The number of carbonyl (C=O) groups excluding carboxylic acids is 1. The molecule has 40 valence electrons. The van der Waals surface area contributed by atoms with E-state index >= 15 is 0 Å². The molecule has 3 nitrogen and oxygen atoms in total. The third-order valence-corrected chi connectivity index (χ3v) is 0.568. The Bertz CT molecular complexity index is 83.0. The van der Waals surface area contributed by atoms with Crippen LogP contribution in [-0.2, 0) is 4.79 Å². The second kappa shape index (κ2) is 3.61. The number of hydrogen-bond donors (Lipinski definition) is 1. The number of alkyl halides is 1. The van der Waals surface area contributed by atoms with E-state index in [-0.39, 0.29) is 11.8 Å². The highest BCUT2D eigenvalue weighted by atomic mass is 35.5. The number of halogens is 1. The van der Waals surface area contributed by atoms with Crippen molar-refractivity contribution in [1.82, 2.24) is 5.43 Å². The van der Waals surface area contributed by atoms with E-state index in [1.54, 1.807) is 0 Å². The molecule has 0 saturated carbocycles. The molecule has 0 heterocycles. The molecule has 4 heteroatoms. The van der Waals surface area contributed by atoms with Crippen molar-refractivity contribution in [2.24, 2.45) is 5.10 Å². The van der Waals surface area contributed by atoms with Gasteiger partial charge in [0.05, 0.1) is 0 Å². The number of nitrogens with one attached hydrogen (secondary N) is 1. The van der Waals surface area contributed by atoms with Gasteiger partial charge in [-0.3, -0.25) is 4.79 Å². The lowest BCUT2D eigenvalue weighted by Gasteiger charge is -1.87. The summed E-state index contributed by atoms with van der Waals surface area (Å²) in [4.78, 5) is 10.0. The molecule has 0 rings (SSSR count). The van der Waals surface area contributed by atoms with Gasteiger partial charge >= 0.3 is 0 Å². The fourth-order valence-corrected chi connectivity index (χ4v) is 0.178. The van der Waals surface area contributed by atoms with Crippen LogP contribution < -0.4 is 5.43 Å². The predicted octanol–water partition coefficient (Wildman–Crippen LogP) is -0.0430. The Morgan fingerprint density at radius 2 is 2.57 bits per heavy atom. The van der Waals surface area contributed by atoms with Gasteiger partial charge in [-0.2, -0.15) is 5.10 Å².